The quantitative estimate of drug-likeness (QED) is 0.562. The van der Waals surface area contributed by atoms with Crippen LogP contribution in [0.2, 0.25) is 5.02 Å². The van der Waals surface area contributed by atoms with Gasteiger partial charge in [-0.05, 0) is 31.0 Å². The number of urea groups is 1. The molecule has 1 aliphatic carbocycles. The number of amides is 2. The number of benzene rings is 1. The first-order chi connectivity index (χ1) is 15.6. The maximum absolute atomic E-state index is 12.5. The molecule has 0 spiro atoms. The monoisotopic (exact) mass is 473 g/mol. The Hall–Kier alpha value is -2.36. The summed E-state index contributed by atoms with van der Waals surface area (Å²) in [5, 5.41) is 7.30. The van der Waals surface area contributed by atoms with E-state index in [1.165, 1.54) is 30.6 Å². The van der Waals surface area contributed by atoms with Gasteiger partial charge in [0.25, 0.3) is 6.01 Å². The van der Waals surface area contributed by atoms with Gasteiger partial charge in [-0.3, -0.25) is 5.32 Å². The number of halogens is 1. The molecule has 1 aromatic carbocycles. The van der Waals surface area contributed by atoms with Crippen molar-refractivity contribution in [2.45, 2.75) is 56.7 Å². The SMILES string of the molecule is O=C(Nc1nc2c(s1)[C@@H]1COC[C@H](C2)N1c1nc2cc(Cl)ccc2o1)NC1CCCCC1. The molecule has 1 saturated carbocycles. The molecule has 6 rings (SSSR count). The number of thiazole rings is 1. The summed E-state index contributed by atoms with van der Waals surface area (Å²) in [7, 11) is 0. The first-order valence-corrected chi connectivity index (χ1v) is 12.3. The Labute approximate surface area is 194 Å². The smallest absolute Gasteiger partial charge is 0.321 e. The number of hydrogen-bond donors (Lipinski definition) is 2. The molecule has 168 valence electrons. The first-order valence-electron chi connectivity index (χ1n) is 11.1. The Morgan fingerprint density at radius 1 is 1.19 bits per heavy atom. The van der Waals surface area contributed by atoms with Crippen LogP contribution in [-0.2, 0) is 11.2 Å². The van der Waals surface area contributed by atoms with E-state index in [0.29, 0.717) is 41.4 Å². The zero-order chi connectivity index (χ0) is 21.7. The third kappa shape index (κ3) is 3.72. The van der Waals surface area contributed by atoms with E-state index in [9.17, 15) is 4.79 Å². The minimum Gasteiger partial charge on any atom is -0.423 e. The van der Waals surface area contributed by atoms with Gasteiger partial charge in [-0.15, -0.1) is 0 Å². The summed E-state index contributed by atoms with van der Waals surface area (Å²) in [4.78, 5) is 25.2. The van der Waals surface area contributed by atoms with Crippen LogP contribution in [0.3, 0.4) is 0 Å². The highest BCUT2D eigenvalue weighted by molar-refractivity contribution is 7.16. The van der Waals surface area contributed by atoms with Gasteiger partial charge >= 0.3 is 6.03 Å². The topological polar surface area (TPSA) is 92.5 Å². The molecule has 2 aromatic heterocycles. The molecule has 32 heavy (non-hydrogen) atoms. The number of rotatable bonds is 3. The highest BCUT2D eigenvalue weighted by Crippen LogP contribution is 2.43. The van der Waals surface area contributed by atoms with Crippen molar-refractivity contribution < 1.29 is 13.9 Å². The zero-order valence-corrected chi connectivity index (χ0v) is 19.0. The Morgan fingerprint density at radius 2 is 2.06 bits per heavy atom. The number of nitrogens with zero attached hydrogens (tertiary/aromatic N) is 3. The Kier molecular flexibility index (Phi) is 5.20. The van der Waals surface area contributed by atoms with Crippen LogP contribution >= 0.6 is 22.9 Å². The lowest BCUT2D eigenvalue weighted by molar-refractivity contribution is 0.0579. The lowest BCUT2D eigenvalue weighted by atomic mass is 9.96. The maximum Gasteiger partial charge on any atom is 0.321 e. The number of nitrogens with one attached hydrogen (secondary N) is 2. The number of carbonyl (C=O) groups is 1. The average molecular weight is 474 g/mol. The van der Waals surface area contributed by atoms with Crippen LogP contribution in [0.15, 0.2) is 22.6 Å². The number of hydrogen-bond acceptors (Lipinski definition) is 7. The number of anilines is 2. The molecule has 0 unspecified atom stereocenters. The largest absolute Gasteiger partial charge is 0.423 e. The number of fused-ring (bicyclic) bond motifs is 5. The lowest BCUT2D eigenvalue weighted by Crippen LogP contribution is -2.51. The van der Waals surface area contributed by atoms with Crippen LogP contribution in [-0.4, -0.2) is 41.3 Å². The van der Waals surface area contributed by atoms with E-state index in [-0.39, 0.29) is 24.2 Å². The Balaban J connectivity index is 1.24. The number of aromatic nitrogens is 2. The molecule has 1 saturated heterocycles. The molecular weight excluding hydrogens is 450 g/mol. The first kappa shape index (κ1) is 20.3. The van der Waals surface area contributed by atoms with Gasteiger partial charge < -0.3 is 19.4 Å². The molecule has 3 aliphatic rings. The molecule has 8 nitrogen and oxygen atoms in total. The second kappa shape index (κ2) is 8.20. The molecule has 2 fully saturated rings. The minimum atomic E-state index is -0.171. The fraction of sp³-hybridized carbons (Fsp3) is 0.500. The predicted molar refractivity (Wildman–Crippen MR) is 124 cm³/mol. The minimum absolute atomic E-state index is 0.0458. The molecule has 2 N–H and O–H groups in total. The Bertz CT molecular complexity index is 1160. The summed E-state index contributed by atoms with van der Waals surface area (Å²) in [6, 6.07) is 6.15. The standard InChI is InChI=1S/C22H24ClN5O3S/c23-12-6-7-18-15(8-12)26-22(31-18)28-14-9-16-19(17(28)11-30-10-14)32-21(25-16)27-20(29)24-13-4-2-1-3-5-13/h6-8,13-14,17H,1-5,9-11H2,(H2,24,25,27,29)/t14-,17-/m0/s1. The van der Waals surface area contributed by atoms with Gasteiger partial charge in [0.1, 0.15) is 5.52 Å². The van der Waals surface area contributed by atoms with Crippen molar-refractivity contribution in [3.63, 3.8) is 0 Å². The molecule has 4 heterocycles. The normalized spacial score (nSPS) is 23.2. The molecule has 0 radical (unpaired) electrons. The van der Waals surface area contributed by atoms with Crippen molar-refractivity contribution in [1.29, 1.82) is 0 Å². The lowest BCUT2D eigenvalue weighted by Gasteiger charge is -2.43. The van der Waals surface area contributed by atoms with Crippen LogP contribution in [0.1, 0.15) is 48.7 Å². The van der Waals surface area contributed by atoms with Gasteiger partial charge in [0.2, 0.25) is 0 Å². The van der Waals surface area contributed by atoms with Crippen molar-refractivity contribution in [2.24, 2.45) is 0 Å². The van der Waals surface area contributed by atoms with Crippen LogP contribution in [0, 0.1) is 0 Å². The summed E-state index contributed by atoms with van der Waals surface area (Å²) in [5.74, 6) is 0. The second-order valence-corrected chi connectivity index (χ2v) is 10.2. The van der Waals surface area contributed by atoms with Gasteiger partial charge in [0.05, 0.1) is 35.9 Å². The molecule has 2 bridgehead atoms. The van der Waals surface area contributed by atoms with E-state index in [0.717, 1.165) is 28.9 Å². The van der Waals surface area contributed by atoms with Crippen molar-refractivity contribution in [1.82, 2.24) is 15.3 Å². The molecule has 10 heteroatoms. The average Bonchev–Trinajstić information content (AvgIpc) is 3.37. The van der Waals surface area contributed by atoms with Crippen molar-refractivity contribution in [3.8, 4) is 0 Å². The highest BCUT2D eigenvalue weighted by atomic mass is 35.5. The molecule has 2 atom stereocenters. The van der Waals surface area contributed by atoms with Crippen LogP contribution in [0.4, 0.5) is 15.9 Å². The van der Waals surface area contributed by atoms with Crippen molar-refractivity contribution >= 4 is 51.2 Å². The predicted octanol–water partition coefficient (Wildman–Crippen LogP) is 4.89. The van der Waals surface area contributed by atoms with Gasteiger partial charge in [-0.25, -0.2) is 9.78 Å². The fourth-order valence-corrected chi connectivity index (χ4v) is 6.23. The second-order valence-electron chi connectivity index (χ2n) is 8.69. The van der Waals surface area contributed by atoms with Crippen molar-refractivity contribution in [3.05, 3.63) is 33.8 Å². The Morgan fingerprint density at radius 3 is 2.94 bits per heavy atom. The molecule has 2 aliphatic heterocycles. The van der Waals surface area contributed by atoms with Crippen LogP contribution in [0.5, 0.6) is 0 Å². The number of oxazole rings is 1. The summed E-state index contributed by atoms with van der Waals surface area (Å²) in [6.45, 7) is 1.11. The summed E-state index contributed by atoms with van der Waals surface area (Å²) >= 11 is 7.63. The van der Waals surface area contributed by atoms with E-state index >= 15 is 0 Å². The number of morpholine rings is 1. The molecule has 2 amide bonds. The van der Waals surface area contributed by atoms with Crippen LogP contribution < -0.4 is 15.5 Å². The van der Waals surface area contributed by atoms with Gasteiger partial charge in [0.15, 0.2) is 10.7 Å². The number of carbonyl (C=O) groups excluding carboxylic acids is 1. The molecular formula is C22H24ClN5O3S. The van der Waals surface area contributed by atoms with E-state index in [2.05, 4.69) is 15.5 Å². The third-order valence-corrected chi connectivity index (χ3v) is 7.84. The fourth-order valence-electron chi connectivity index (χ4n) is 4.99. The zero-order valence-electron chi connectivity index (χ0n) is 17.5. The number of ether oxygens (including phenoxy) is 1. The van der Waals surface area contributed by atoms with Crippen molar-refractivity contribution in [2.75, 3.05) is 23.4 Å². The van der Waals surface area contributed by atoms with Gasteiger partial charge in [-0.1, -0.05) is 42.2 Å². The van der Waals surface area contributed by atoms with E-state index in [1.54, 1.807) is 6.07 Å². The van der Waals surface area contributed by atoms with E-state index in [1.807, 2.05) is 12.1 Å². The summed E-state index contributed by atoms with van der Waals surface area (Å²) in [6.07, 6.45) is 6.43. The van der Waals surface area contributed by atoms with Gasteiger partial charge in [-0.2, -0.15) is 4.98 Å². The summed E-state index contributed by atoms with van der Waals surface area (Å²) < 4.78 is 12.0. The van der Waals surface area contributed by atoms with Gasteiger partial charge in [0, 0.05) is 17.5 Å². The van der Waals surface area contributed by atoms with E-state index < -0.39 is 0 Å². The van der Waals surface area contributed by atoms with E-state index in [4.69, 9.17) is 30.7 Å². The maximum atomic E-state index is 12.5. The molecule has 3 aromatic rings. The summed E-state index contributed by atoms with van der Waals surface area (Å²) in [5.41, 5.74) is 2.47. The third-order valence-electron chi connectivity index (χ3n) is 6.49. The van der Waals surface area contributed by atoms with Crippen LogP contribution in [0.25, 0.3) is 11.1 Å². The highest BCUT2D eigenvalue weighted by Gasteiger charge is 2.43.